The van der Waals surface area contributed by atoms with Crippen molar-refractivity contribution in [3.8, 4) is 0 Å². The van der Waals surface area contributed by atoms with Crippen LogP contribution in [0, 0.1) is 17.0 Å². The molecule has 4 rings (SSSR count). The fourth-order valence-corrected chi connectivity index (χ4v) is 4.01. The van der Waals surface area contributed by atoms with E-state index < -0.39 is 4.92 Å². The highest BCUT2D eigenvalue weighted by Gasteiger charge is 2.23. The topological polar surface area (TPSA) is 89.2 Å². The van der Waals surface area contributed by atoms with Crippen molar-refractivity contribution in [2.24, 2.45) is 0 Å². The number of hydrogen-bond acceptors (Lipinski definition) is 6. The fraction of sp³-hybridized carbons (Fsp3) is 0.0952. The Balaban J connectivity index is 1.77. The molecule has 4 aromatic rings. The molecule has 0 N–H and O–H groups in total. The van der Waals surface area contributed by atoms with Crippen LogP contribution in [0.5, 0.6) is 0 Å². The maximum atomic E-state index is 13.3. The molecule has 0 spiro atoms. The summed E-state index contributed by atoms with van der Waals surface area (Å²) in [5, 5.41) is 11.7. The Kier molecular flexibility index (Phi) is 5.01. The minimum atomic E-state index is -0.511. The number of benzene rings is 2. The number of nitro benzene ring substituents is 1. The number of amides is 1. The Morgan fingerprint density at radius 2 is 2.03 bits per heavy atom. The molecule has 1 amide bonds. The van der Waals surface area contributed by atoms with Crippen molar-refractivity contribution < 1.29 is 9.72 Å². The third kappa shape index (κ3) is 3.97. The van der Waals surface area contributed by atoms with Crippen molar-refractivity contribution in [2.45, 2.75) is 13.5 Å². The van der Waals surface area contributed by atoms with Gasteiger partial charge in [0.15, 0.2) is 5.13 Å². The first-order valence-corrected chi connectivity index (χ1v) is 9.65. The zero-order valence-corrected chi connectivity index (χ0v) is 16.3. The SMILES string of the molecule is Cc1ccc2nc(N(Cc3cccnc3)C(=O)c3cccc([N+](=O)[O-])c3)sc2c1. The number of thiazole rings is 1. The summed E-state index contributed by atoms with van der Waals surface area (Å²) in [6.45, 7) is 2.26. The van der Waals surface area contributed by atoms with Crippen molar-refractivity contribution >= 4 is 38.3 Å². The normalized spacial score (nSPS) is 10.8. The van der Waals surface area contributed by atoms with Crippen molar-refractivity contribution in [2.75, 3.05) is 4.90 Å². The van der Waals surface area contributed by atoms with E-state index in [1.165, 1.54) is 34.4 Å². The minimum Gasteiger partial charge on any atom is -0.279 e. The van der Waals surface area contributed by atoms with E-state index in [-0.39, 0.29) is 23.7 Å². The van der Waals surface area contributed by atoms with Crippen LogP contribution < -0.4 is 4.90 Å². The van der Waals surface area contributed by atoms with Gasteiger partial charge in [0, 0.05) is 30.1 Å². The van der Waals surface area contributed by atoms with Gasteiger partial charge in [-0.3, -0.25) is 24.8 Å². The smallest absolute Gasteiger partial charge is 0.270 e. The predicted molar refractivity (Wildman–Crippen MR) is 112 cm³/mol. The highest BCUT2D eigenvalue weighted by Crippen LogP contribution is 2.31. The second-order valence-electron chi connectivity index (χ2n) is 6.53. The van der Waals surface area contributed by atoms with Crippen LogP contribution in [0.4, 0.5) is 10.8 Å². The molecule has 0 aliphatic rings. The maximum absolute atomic E-state index is 13.3. The number of carbonyl (C=O) groups excluding carboxylic acids is 1. The minimum absolute atomic E-state index is 0.128. The van der Waals surface area contributed by atoms with Gasteiger partial charge in [0.2, 0.25) is 0 Å². The number of anilines is 1. The first-order chi connectivity index (χ1) is 14.0. The molecule has 0 radical (unpaired) electrons. The van der Waals surface area contributed by atoms with Gasteiger partial charge >= 0.3 is 0 Å². The van der Waals surface area contributed by atoms with E-state index in [1.54, 1.807) is 24.5 Å². The summed E-state index contributed by atoms with van der Waals surface area (Å²) in [5.74, 6) is -0.353. The number of aromatic nitrogens is 2. The van der Waals surface area contributed by atoms with Crippen molar-refractivity contribution in [1.29, 1.82) is 0 Å². The summed E-state index contributed by atoms with van der Waals surface area (Å²) in [4.78, 5) is 34.2. The lowest BCUT2D eigenvalue weighted by atomic mass is 10.1. The summed E-state index contributed by atoms with van der Waals surface area (Å²) in [7, 11) is 0. The second kappa shape index (κ2) is 7.76. The van der Waals surface area contributed by atoms with E-state index in [0.29, 0.717) is 5.13 Å². The number of nitrogens with zero attached hydrogens (tertiary/aromatic N) is 4. The molecule has 0 atom stereocenters. The molecule has 29 heavy (non-hydrogen) atoms. The highest BCUT2D eigenvalue weighted by atomic mass is 32.1. The van der Waals surface area contributed by atoms with Gasteiger partial charge < -0.3 is 0 Å². The lowest BCUT2D eigenvalue weighted by Crippen LogP contribution is -2.30. The Morgan fingerprint density at radius 1 is 1.17 bits per heavy atom. The summed E-state index contributed by atoms with van der Waals surface area (Å²) in [5.41, 5.74) is 2.85. The lowest BCUT2D eigenvalue weighted by molar-refractivity contribution is -0.384. The van der Waals surface area contributed by atoms with E-state index >= 15 is 0 Å². The molecule has 0 aliphatic carbocycles. The first-order valence-electron chi connectivity index (χ1n) is 8.84. The monoisotopic (exact) mass is 404 g/mol. The Hall–Kier alpha value is -3.65. The van der Waals surface area contributed by atoms with Crippen molar-refractivity contribution in [1.82, 2.24) is 9.97 Å². The molecule has 2 aromatic heterocycles. The summed E-state index contributed by atoms with van der Waals surface area (Å²) in [6, 6.07) is 15.3. The first kappa shape index (κ1) is 18.7. The zero-order valence-electron chi connectivity index (χ0n) is 15.5. The summed E-state index contributed by atoms with van der Waals surface area (Å²) in [6.07, 6.45) is 3.35. The van der Waals surface area contributed by atoms with Crippen molar-refractivity contribution in [3.63, 3.8) is 0 Å². The molecule has 144 valence electrons. The van der Waals surface area contributed by atoms with Gasteiger partial charge in [0.1, 0.15) is 0 Å². The molecule has 2 aromatic carbocycles. The van der Waals surface area contributed by atoms with Gasteiger partial charge in [0.25, 0.3) is 11.6 Å². The number of rotatable bonds is 5. The number of aryl methyl sites for hydroxylation is 1. The van der Waals surface area contributed by atoms with Crippen LogP contribution in [0.15, 0.2) is 67.0 Å². The third-order valence-electron chi connectivity index (χ3n) is 4.38. The molecule has 0 aliphatic heterocycles. The molecule has 8 heteroatoms. The molecule has 7 nitrogen and oxygen atoms in total. The fourth-order valence-electron chi connectivity index (χ4n) is 2.94. The van der Waals surface area contributed by atoms with Crippen LogP contribution in [-0.4, -0.2) is 20.8 Å². The molecule has 0 fully saturated rings. The molecular formula is C21H16N4O3S. The quantitative estimate of drug-likeness (QED) is 0.354. The van der Waals surface area contributed by atoms with Gasteiger partial charge in [-0.05, 0) is 42.3 Å². The molecule has 0 saturated heterocycles. The van der Waals surface area contributed by atoms with Crippen LogP contribution in [0.2, 0.25) is 0 Å². The molecule has 2 heterocycles. The Labute approximate surface area is 170 Å². The average molecular weight is 404 g/mol. The third-order valence-corrected chi connectivity index (χ3v) is 5.42. The van der Waals surface area contributed by atoms with Gasteiger partial charge in [-0.2, -0.15) is 0 Å². The lowest BCUT2D eigenvalue weighted by Gasteiger charge is -2.20. The van der Waals surface area contributed by atoms with E-state index in [9.17, 15) is 14.9 Å². The molecule has 0 unspecified atom stereocenters. The number of hydrogen-bond donors (Lipinski definition) is 0. The van der Waals surface area contributed by atoms with E-state index in [2.05, 4.69) is 9.97 Å². The van der Waals surface area contributed by atoms with E-state index in [4.69, 9.17) is 0 Å². The highest BCUT2D eigenvalue weighted by molar-refractivity contribution is 7.22. The van der Waals surface area contributed by atoms with Crippen molar-refractivity contribution in [3.05, 3.63) is 93.8 Å². The summed E-state index contributed by atoms with van der Waals surface area (Å²) < 4.78 is 0.975. The van der Waals surface area contributed by atoms with E-state index in [0.717, 1.165) is 21.3 Å². The summed E-state index contributed by atoms with van der Waals surface area (Å²) >= 11 is 1.41. The Morgan fingerprint density at radius 3 is 2.79 bits per heavy atom. The zero-order chi connectivity index (χ0) is 20.4. The van der Waals surface area contributed by atoms with Crippen LogP contribution in [0.1, 0.15) is 21.5 Å². The predicted octanol–water partition coefficient (Wildman–Crippen LogP) is 4.75. The Bertz CT molecular complexity index is 1210. The van der Waals surface area contributed by atoms with Crippen LogP contribution in [0.3, 0.4) is 0 Å². The number of pyridine rings is 1. The number of fused-ring (bicyclic) bond motifs is 1. The maximum Gasteiger partial charge on any atom is 0.270 e. The van der Waals surface area contributed by atoms with Crippen LogP contribution in [0.25, 0.3) is 10.2 Å². The second-order valence-corrected chi connectivity index (χ2v) is 7.54. The van der Waals surface area contributed by atoms with E-state index in [1.807, 2.05) is 31.2 Å². The molecule has 0 saturated carbocycles. The largest absolute Gasteiger partial charge is 0.279 e. The van der Waals surface area contributed by atoms with Crippen LogP contribution >= 0.6 is 11.3 Å². The van der Waals surface area contributed by atoms with Crippen LogP contribution in [-0.2, 0) is 6.54 Å². The number of nitro groups is 1. The van der Waals surface area contributed by atoms with Gasteiger partial charge in [-0.15, -0.1) is 0 Å². The van der Waals surface area contributed by atoms with Gasteiger partial charge in [0.05, 0.1) is 21.7 Å². The molecule has 0 bridgehead atoms. The molecular weight excluding hydrogens is 388 g/mol. The van der Waals surface area contributed by atoms with Gasteiger partial charge in [-0.25, -0.2) is 4.98 Å². The average Bonchev–Trinajstić information content (AvgIpc) is 3.15. The van der Waals surface area contributed by atoms with Gasteiger partial charge in [-0.1, -0.05) is 29.5 Å². The number of carbonyl (C=O) groups is 1. The standard InChI is InChI=1S/C21H16N4O3S/c1-14-7-8-18-19(10-14)29-21(23-18)24(13-15-4-3-9-22-12-15)20(26)16-5-2-6-17(11-16)25(27)28/h2-12H,13H2,1H3. The number of non-ortho nitro benzene ring substituents is 1.